The Labute approximate surface area is 96.1 Å². The molecule has 0 saturated carbocycles. The van der Waals surface area contributed by atoms with E-state index in [2.05, 4.69) is 15.5 Å². The van der Waals surface area contributed by atoms with Gasteiger partial charge in [0.1, 0.15) is 0 Å². The smallest absolute Gasteiger partial charge is 0.315 e. The largest absolute Gasteiger partial charge is 0.408 e. The molecule has 7 heteroatoms. The highest BCUT2D eigenvalue weighted by molar-refractivity contribution is 7.84. The molecule has 1 unspecified atom stereocenters. The molecule has 0 amide bonds. The van der Waals surface area contributed by atoms with Crippen molar-refractivity contribution in [3.05, 3.63) is 5.89 Å². The molecule has 0 aliphatic carbocycles. The number of hydrogen-bond donors (Lipinski definition) is 1. The number of aryl methyl sites for hydroxylation is 1. The van der Waals surface area contributed by atoms with Crippen molar-refractivity contribution in [1.82, 2.24) is 10.2 Å². The molecule has 0 aromatic carbocycles. The van der Waals surface area contributed by atoms with E-state index in [1.807, 2.05) is 6.92 Å². The van der Waals surface area contributed by atoms with Crippen LogP contribution in [0.1, 0.15) is 12.8 Å². The standard InChI is InChI=1S/C8H14ClN3O2S/c1-2-15(13)6-5-10-8-12-11-7(14-8)3-4-9/h2-6H2,1H3,(H,10,12). The van der Waals surface area contributed by atoms with Gasteiger partial charge in [0.2, 0.25) is 5.89 Å². The van der Waals surface area contributed by atoms with Crippen LogP contribution in [-0.4, -0.2) is 38.3 Å². The van der Waals surface area contributed by atoms with E-state index >= 15 is 0 Å². The van der Waals surface area contributed by atoms with Gasteiger partial charge >= 0.3 is 6.01 Å². The molecule has 0 spiro atoms. The summed E-state index contributed by atoms with van der Waals surface area (Å²) in [6.07, 6.45) is 0.567. The Balaban J connectivity index is 2.28. The maximum Gasteiger partial charge on any atom is 0.315 e. The number of alkyl halides is 1. The first-order chi connectivity index (χ1) is 7.26. The number of hydrogen-bond acceptors (Lipinski definition) is 5. The molecule has 0 aliphatic heterocycles. The van der Waals surface area contributed by atoms with E-state index in [1.54, 1.807) is 0 Å². The van der Waals surface area contributed by atoms with E-state index in [0.29, 0.717) is 42.3 Å². The molecule has 1 aromatic rings. The molecular weight excluding hydrogens is 238 g/mol. The topological polar surface area (TPSA) is 68.0 Å². The molecule has 1 heterocycles. The van der Waals surface area contributed by atoms with E-state index in [1.165, 1.54) is 0 Å². The maximum absolute atomic E-state index is 11.1. The molecule has 0 bridgehead atoms. The minimum absolute atomic E-state index is 0.364. The van der Waals surface area contributed by atoms with Crippen molar-refractivity contribution >= 4 is 28.4 Å². The van der Waals surface area contributed by atoms with Crippen molar-refractivity contribution < 1.29 is 8.63 Å². The SMILES string of the molecule is CCS(=O)CCNc1nnc(CCCl)o1. The predicted octanol–water partition coefficient (Wildman–Crippen LogP) is 1.03. The number of anilines is 1. The predicted molar refractivity (Wildman–Crippen MR) is 60.8 cm³/mol. The van der Waals surface area contributed by atoms with Gasteiger partial charge in [-0.3, -0.25) is 4.21 Å². The van der Waals surface area contributed by atoms with Crippen molar-refractivity contribution in [3.63, 3.8) is 0 Å². The lowest BCUT2D eigenvalue weighted by Crippen LogP contribution is -2.12. The van der Waals surface area contributed by atoms with Gasteiger partial charge in [0.15, 0.2) is 0 Å². The number of nitrogens with zero attached hydrogens (tertiary/aromatic N) is 2. The van der Waals surface area contributed by atoms with Crippen LogP contribution >= 0.6 is 11.6 Å². The fraction of sp³-hybridized carbons (Fsp3) is 0.750. The summed E-state index contributed by atoms with van der Waals surface area (Å²) in [5.41, 5.74) is 0. The quantitative estimate of drug-likeness (QED) is 0.733. The van der Waals surface area contributed by atoms with Gasteiger partial charge < -0.3 is 9.73 Å². The summed E-state index contributed by atoms with van der Waals surface area (Å²) in [6, 6.07) is 0.364. The lowest BCUT2D eigenvalue weighted by Gasteiger charge is -1.99. The zero-order chi connectivity index (χ0) is 11.1. The van der Waals surface area contributed by atoms with Gasteiger partial charge in [-0.1, -0.05) is 12.0 Å². The Morgan fingerprint density at radius 3 is 3.00 bits per heavy atom. The summed E-state index contributed by atoms with van der Waals surface area (Å²) in [7, 11) is -0.771. The molecule has 15 heavy (non-hydrogen) atoms. The summed E-state index contributed by atoms with van der Waals surface area (Å²) in [6.45, 7) is 2.46. The molecule has 0 aliphatic rings. The normalized spacial score (nSPS) is 12.7. The highest BCUT2D eigenvalue weighted by atomic mass is 35.5. The minimum atomic E-state index is -0.771. The van der Waals surface area contributed by atoms with Gasteiger partial charge in [-0.25, -0.2) is 0 Å². The second kappa shape index (κ2) is 6.79. The summed E-state index contributed by atoms with van der Waals surface area (Å²) in [4.78, 5) is 0. The van der Waals surface area contributed by atoms with Crippen molar-refractivity contribution in [2.75, 3.05) is 29.2 Å². The fourth-order valence-electron chi connectivity index (χ4n) is 0.923. The lowest BCUT2D eigenvalue weighted by atomic mass is 10.5. The molecule has 86 valence electrons. The molecule has 1 rings (SSSR count). The first-order valence-electron chi connectivity index (χ1n) is 4.73. The number of nitrogens with one attached hydrogen (secondary N) is 1. The summed E-state index contributed by atoms with van der Waals surface area (Å²) >= 11 is 5.52. The van der Waals surface area contributed by atoms with E-state index in [-0.39, 0.29) is 0 Å². The van der Waals surface area contributed by atoms with Gasteiger partial charge in [-0.2, -0.15) is 0 Å². The molecule has 1 atom stereocenters. The van der Waals surface area contributed by atoms with Crippen molar-refractivity contribution in [2.45, 2.75) is 13.3 Å². The summed E-state index contributed by atoms with van der Waals surface area (Å²) in [5, 5.41) is 10.5. The average molecular weight is 252 g/mol. The number of aromatic nitrogens is 2. The van der Waals surface area contributed by atoms with Crippen molar-refractivity contribution in [1.29, 1.82) is 0 Å². The van der Waals surface area contributed by atoms with Crippen LogP contribution in [0.3, 0.4) is 0 Å². The van der Waals surface area contributed by atoms with Crippen LogP contribution in [0.25, 0.3) is 0 Å². The Bertz CT molecular complexity index is 319. The number of rotatable bonds is 7. The molecule has 5 nitrogen and oxygen atoms in total. The molecule has 0 saturated heterocycles. The van der Waals surface area contributed by atoms with Crippen LogP contribution in [0.2, 0.25) is 0 Å². The van der Waals surface area contributed by atoms with Crippen LogP contribution in [0.15, 0.2) is 4.42 Å². The molecular formula is C8H14ClN3O2S. The third kappa shape index (κ3) is 4.61. The highest BCUT2D eigenvalue weighted by Crippen LogP contribution is 2.05. The Morgan fingerprint density at radius 1 is 1.53 bits per heavy atom. The number of halogens is 1. The Kier molecular flexibility index (Phi) is 5.63. The maximum atomic E-state index is 11.1. The van der Waals surface area contributed by atoms with E-state index in [0.717, 1.165) is 0 Å². The van der Waals surface area contributed by atoms with Crippen LogP contribution in [0.4, 0.5) is 6.01 Å². The summed E-state index contributed by atoms with van der Waals surface area (Å²) < 4.78 is 16.3. The van der Waals surface area contributed by atoms with Crippen molar-refractivity contribution in [2.24, 2.45) is 0 Å². The zero-order valence-corrected chi connectivity index (χ0v) is 10.1. The van der Waals surface area contributed by atoms with Crippen molar-refractivity contribution in [3.8, 4) is 0 Å². The van der Waals surface area contributed by atoms with E-state index in [9.17, 15) is 4.21 Å². The second-order valence-electron chi connectivity index (χ2n) is 2.80. The third-order valence-electron chi connectivity index (χ3n) is 1.70. The lowest BCUT2D eigenvalue weighted by molar-refractivity contribution is 0.513. The van der Waals surface area contributed by atoms with E-state index in [4.69, 9.17) is 16.0 Å². The van der Waals surface area contributed by atoms with E-state index < -0.39 is 10.8 Å². The first kappa shape index (κ1) is 12.4. The Hall–Kier alpha value is -0.620. The van der Waals surface area contributed by atoms with Crippen LogP contribution in [-0.2, 0) is 17.2 Å². The van der Waals surface area contributed by atoms with Gasteiger partial charge in [-0.05, 0) is 0 Å². The molecule has 1 N–H and O–H groups in total. The molecule has 0 fully saturated rings. The van der Waals surface area contributed by atoms with Gasteiger partial charge in [0, 0.05) is 41.2 Å². The molecule has 0 radical (unpaired) electrons. The zero-order valence-electron chi connectivity index (χ0n) is 8.53. The first-order valence-corrected chi connectivity index (χ1v) is 6.75. The monoisotopic (exact) mass is 251 g/mol. The van der Waals surface area contributed by atoms with Gasteiger partial charge in [-0.15, -0.1) is 16.7 Å². The second-order valence-corrected chi connectivity index (χ2v) is 5.04. The third-order valence-corrected chi connectivity index (χ3v) is 3.20. The summed E-state index contributed by atoms with van der Waals surface area (Å²) in [5.74, 6) is 2.23. The Morgan fingerprint density at radius 2 is 2.33 bits per heavy atom. The van der Waals surface area contributed by atoms with Gasteiger partial charge in [0.05, 0.1) is 0 Å². The highest BCUT2D eigenvalue weighted by Gasteiger charge is 2.04. The van der Waals surface area contributed by atoms with Crippen LogP contribution < -0.4 is 5.32 Å². The fourth-order valence-corrected chi connectivity index (χ4v) is 1.70. The minimum Gasteiger partial charge on any atom is -0.408 e. The average Bonchev–Trinajstić information content (AvgIpc) is 2.66. The van der Waals surface area contributed by atoms with Crippen LogP contribution in [0, 0.1) is 0 Å². The van der Waals surface area contributed by atoms with Gasteiger partial charge in [0.25, 0.3) is 0 Å². The molecule has 1 aromatic heterocycles. The van der Waals surface area contributed by atoms with Crippen LogP contribution in [0.5, 0.6) is 0 Å².